The molecule has 7 nitrogen and oxygen atoms in total. The second kappa shape index (κ2) is 10.9. The van der Waals surface area contributed by atoms with Gasteiger partial charge in [-0.2, -0.15) is 34.0 Å². The Hall–Kier alpha value is -2.28. The summed E-state index contributed by atoms with van der Waals surface area (Å²) < 4.78 is 57.5. The highest BCUT2D eigenvalue weighted by Crippen LogP contribution is 2.26. The number of thiol groups is 2. The summed E-state index contributed by atoms with van der Waals surface area (Å²) in [6.07, 6.45) is -1.15. The zero-order valence-corrected chi connectivity index (χ0v) is 15.7. The Kier molecular flexibility index (Phi) is 9.25. The molecule has 0 fully saturated rings. The maximum Gasteiger partial charge on any atom is 0.311 e. The zero-order valence-electron chi connectivity index (χ0n) is 13.9. The van der Waals surface area contributed by atoms with Crippen molar-refractivity contribution in [1.82, 2.24) is 10.6 Å². The van der Waals surface area contributed by atoms with Crippen LogP contribution in [0.5, 0.6) is 5.75 Å². The van der Waals surface area contributed by atoms with Crippen molar-refractivity contribution >= 4 is 48.9 Å². The Labute approximate surface area is 167 Å². The summed E-state index contributed by atoms with van der Waals surface area (Å²) in [6.45, 7) is 0. The summed E-state index contributed by atoms with van der Waals surface area (Å²) in [4.78, 5) is 46.4. The minimum atomic E-state index is -1.91. The average molecular weight is 442 g/mol. The molecule has 0 aliphatic heterocycles. The van der Waals surface area contributed by atoms with E-state index in [0.717, 1.165) is 0 Å². The van der Waals surface area contributed by atoms with Crippen LogP contribution in [-0.2, 0) is 19.2 Å². The molecular formula is C15H14F4N2O5S2. The molecule has 0 heterocycles. The normalized spacial score (nSPS) is 11.5. The first-order valence-electron chi connectivity index (χ1n) is 7.49. The molecular weight excluding hydrogens is 428 g/mol. The van der Waals surface area contributed by atoms with Crippen LogP contribution in [0.2, 0.25) is 0 Å². The summed E-state index contributed by atoms with van der Waals surface area (Å²) >= 11 is 7.35. The van der Waals surface area contributed by atoms with Gasteiger partial charge in [0.15, 0.2) is 11.6 Å². The summed E-state index contributed by atoms with van der Waals surface area (Å²) in [5.41, 5.74) is 0. The van der Waals surface area contributed by atoms with Gasteiger partial charge in [0.1, 0.15) is 6.04 Å². The lowest BCUT2D eigenvalue weighted by Gasteiger charge is -2.17. The lowest BCUT2D eigenvalue weighted by molar-refractivity contribution is -0.136. The SMILES string of the molecule is O=C(CS)NC(=O)C(CCC(=O)Oc1c(F)c(F)cc(F)c1F)NC(=O)CS. The molecule has 154 valence electrons. The van der Waals surface area contributed by atoms with E-state index in [9.17, 15) is 36.7 Å². The molecule has 1 unspecified atom stereocenters. The Morgan fingerprint density at radius 1 is 0.964 bits per heavy atom. The summed E-state index contributed by atoms with van der Waals surface area (Å²) in [5.74, 6) is -13.4. The molecule has 0 saturated heterocycles. The van der Waals surface area contributed by atoms with Crippen molar-refractivity contribution in [2.24, 2.45) is 0 Å². The van der Waals surface area contributed by atoms with Crippen molar-refractivity contribution in [2.75, 3.05) is 11.5 Å². The molecule has 0 bridgehead atoms. The first-order chi connectivity index (χ1) is 13.1. The van der Waals surface area contributed by atoms with Crippen LogP contribution in [0.4, 0.5) is 17.6 Å². The highest BCUT2D eigenvalue weighted by atomic mass is 32.1. The van der Waals surface area contributed by atoms with Gasteiger partial charge in [-0.05, 0) is 6.42 Å². The van der Waals surface area contributed by atoms with Crippen molar-refractivity contribution in [1.29, 1.82) is 0 Å². The first kappa shape index (κ1) is 23.8. The number of hydrogen-bond donors (Lipinski definition) is 4. The largest absolute Gasteiger partial charge is 0.420 e. The minimum Gasteiger partial charge on any atom is -0.420 e. The summed E-state index contributed by atoms with van der Waals surface area (Å²) in [5, 5.41) is 4.08. The van der Waals surface area contributed by atoms with Crippen molar-refractivity contribution < 1.29 is 41.5 Å². The van der Waals surface area contributed by atoms with Crippen LogP contribution in [0, 0.1) is 23.3 Å². The van der Waals surface area contributed by atoms with Crippen LogP contribution in [0.3, 0.4) is 0 Å². The van der Waals surface area contributed by atoms with E-state index >= 15 is 0 Å². The third-order valence-corrected chi connectivity index (χ3v) is 3.70. The number of esters is 1. The Balaban J connectivity index is 2.84. The Morgan fingerprint density at radius 3 is 2.00 bits per heavy atom. The fraction of sp³-hybridized carbons (Fsp3) is 0.333. The van der Waals surface area contributed by atoms with E-state index in [1.807, 2.05) is 5.32 Å². The van der Waals surface area contributed by atoms with Crippen molar-refractivity contribution in [2.45, 2.75) is 18.9 Å². The Bertz CT molecular complexity index is 768. The topological polar surface area (TPSA) is 102 Å². The van der Waals surface area contributed by atoms with E-state index in [2.05, 4.69) is 35.3 Å². The number of benzene rings is 1. The van der Waals surface area contributed by atoms with Crippen LogP contribution < -0.4 is 15.4 Å². The molecule has 0 saturated carbocycles. The second-order valence-electron chi connectivity index (χ2n) is 5.16. The molecule has 0 spiro atoms. The number of nitrogens with one attached hydrogen (secondary N) is 2. The van der Waals surface area contributed by atoms with E-state index in [0.29, 0.717) is 0 Å². The van der Waals surface area contributed by atoms with Gasteiger partial charge in [0.2, 0.25) is 35.1 Å². The predicted octanol–water partition coefficient (Wildman–Crippen LogP) is 0.916. The maximum absolute atomic E-state index is 13.5. The molecule has 0 radical (unpaired) electrons. The summed E-state index contributed by atoms with van der Waals surface area (Å²) in [6, 6.07) is -1.46. The fourth-order valence-corrected chi connectivity index (χ4v) is 2.01. The number of carbonyl (C=O) groups excluding carboxylic acids is 4. The molecule has 28 heavy (non-hydrogen) atoms. The lowest BCUT2D eigenvalue weighted by atomic mass is 10.1. The van der Waals surface area contributed by atoms with Gasteiger partial charge in [-0.3, -0.25) is 24.5 Å². The van der Waals surface area contributed by atoms with Crippen LogP contribution in [-0.4, -0.2) is 41.2 Å². The standard InChI is InChI=1S/C15H14F4N2O5S2/c16-6-3-7(17)13(19)14(12(6)18)26-11(24)2-1-8(20-9(22)4-27)15(25)21-10(23)5-28/h3,8,27-28H,1-2,4-5H2,(H,20,22)(H,21,23,25). The number of rotatable bonds is 8. The van der Waals surface area contributed by atoms with Gasteiger partial charge in [0.05, 0.1) is 11.5 Å². The number of carbonyl (C=O) groups is 4. The van der Waals surface area contributed by atoms with Crippen molar-refractivity contribution in [3.8, 4) is 5.75 Å². The lowest BCUT2D eigenvalue weighted by Crippen LogP contribution is -2.49. The van der Waals surface area contributed by atoms with Gasteiger partial charge in [-0.15, -0.1) is 0 Å². The maximum atomic E-state index is 13.5. The van der Waals surface area contributed by atoms with E-state index < -0.39 is 71.6 Å². The number of hydrogen-bond acceptors (Lipinski definition) is 7. The van der Waals surface area contributed by atoms with Crippen LogP contribution in [0.25, 0.3) is 0 Å². The van der Waals surface area contributed by atoms with Gasteiger partial charge in [0, 0.05) is 12.5 Å². The number of ether oxygens (including phenoxy) is 1. The van der Waals surface area contributed by atoms with Crippen molar-refractivity contribution in [3.05, 3.63) is 29.3 Å². The number of amides is 3. The number of imide groups is 1. The summed E-state index contributed by atoms with van der Waals surface area (Å²) in [7, 11) is 0. The highest BCUT2D eigenvalue weighted by molar-refractivity contribution is 7.81. The average Bonchev–Trinajstić information content (AvgIpc) is 2.66. The molecule has 0 aromatic heterocycles. The molecule has 0 aliphatic carbocycles. The van der Waals surface area contributed by atoms with Gasteiger partial charge >= 0.3 is 5.97 Å². The highest BCUT2D eigenvalue weighted by Gasteiger charge is 2.26. The zero-order chi connectivity index (χ0) is 21.4. The predicted molar refractivity (Wildman–Crippen MR) is 93.9 cm³/mol. The van der Waals surface area contributed by atoms with Gasteiger partial charge < -0.3 is 10.1 Å². The van der Waals surface area contributed by atoms with Crippen LogP contribution in [0.1, 0.15) is 12.8 Å². The van der Waals surface area contributed by atoms with Gasteiger partial charge in [0.25, 0.3) is 0 Å². The molecule has 1 rings (SSSR count). The van der Waals surface area contributed by atoms with Gasteiger partial charge in [-0.1, -0.05) is 0 Å². The fourth-order valence-electron chi connectivity index (χ4n) is 1.84. The number of halogens is 4. The minimum absolute atomic E-state index is 0.0617. The van der Waals surface area contributed by atoms with Crippen molar-refractivity contribution in [3.63, 3.8) is 0 Å². The Morgan fingerprint density at radius 2 is 1.50 bits per heavy atom. The monoisotopic (exact) mass is 442 g/mol. The third-order valence-electron chi connectivity index (χ3n) is 3.13. The molecule has 3 amide bonds. The quantitative estimate of drug-likeness (QED) is 0.158. The first-order valence-corrected chi connectivity index (χ1v) is 8.75. The van der Waals surface area contributed by atoms with E-state index in [1.165, 1.54) is 0 Å². The smallest absolute Gasteiger partial charge is 0.311 e. The van der Waals surface area contributed by atoms with Crippen LogP contribution in [0.15, 0.2) is 6.07 Å². The third kappa shape index (κ3) is 6.71. The molecule has 0 aliphatic rings. The molecule has 1 aromatic carbocycles. The second-order valence-corrected chi connectivity index (χ2v) is 5.79. The van der Waals surface area contributed by atoms with Crippen LogP contribution >= 0.6 is 25.3 Å². The van der Waals surface area contributed by atoms with E-state index in [1.54, 1.807) is 0 Å². The molecule has 1 atom stereocenters. The van der Waals surface area contributed by atoms with E-state index in [4.69, 9.17) is 0 Å². The molecule has 13 heteroatoms. The van der Waals surface area contributed by atoms with E-state index in [-0.39, 0.29) is 17.6 Å². The van der Waals surface area contributed by atoms with Gasteiger partial charge in [-0.25, -0.2) is 8.78 Å². The molecule has 2 N–H and O–H groups in total. The molecule has 1 aromatic rings.